The molecule has 168 valence electrons. The molecule has 0 saturated heterocycles. The Morgan fingerprint density at radius 1 is 1.19 bits per heavy atom. The number of aliphatic hydroxyl groups excluding tert-OH is 2. The summed E-state index contributed by atoms with van der Waals surface area (Å²) in [5.74, 6) is -2.99. The Morgan fingerprint density at radius 2 is 1.91 bits per heavy atom. The van der Waals surface area contributed by atoms with Crippen molar-refractivity contribution < 1.29 is 38.8 Å². The molecule has 3 aliphatic rings. The van der Waals surface area contributed by atoms with Crippen LogP contribution < -0.4 is 20.1 Å². The van der Waals surface area contributed by atoms with Crippen molar-refractivity contribution in [1.82, 2.24) is 10.6 Å². The van der Waals surface area contributed by atoms with Crippen LogP contribution in [0.25, 0.3) is 0 Å². The molecular formula is C22H21FN2O7. The minimum absolute atomic E-state index is 0.0349. The summed E-state index contributed by atoms with van der Waals surface area (Å²) >= 11 is 0. The standard InChI is InChI=1S/C22H21FN2O7/c1-8-15-13(11-6-12-20(32-7-31-12)18(27)14(11)22(30)24-15)16(19(28)17(8)26)25-21(29)9-2-4-10(23)5-3-9/h2-6,8,13,15-17,19,26-28H,7H2,1H3,(H,24,30)(H,25,29)/t8-,13+,15-,16+,17-,19-/m0/s1. The molecule has 1 aliphatic carbocycles. The van der Waals surface area contributed by atoms with Gasteiger partial charge in [-0.15, -0.1) is 0 Å². The number of nitrogens with one attached hydrogen (secondary N) is 2. The zero-order chi connectivity index (χ0) is 22.7. The van der Waals surface area contributed by atoms with Gasteiger partial charge in [0.1, 0.15) is 11.9 Å². The number of fused-ring (bicyclic) bond motifs is 4. The van der Waals surface area contributed by atoms with Crippen molar-refractivity contribution in [1.29, 1.82) is 0 Å². The third kappa shape index (κ3) is 2.98. The highest BCUT2D eigenvalue weighted by molar-refractivity contribution is 6.02. The number of amides is 2. The van der Waals surface area contributed by atoms with Crippen molar-refractivity contribution >= 4 is 11.8 Å². The fourth-order valence-electron chi connectivity index (χ4n) is 4.89. The van der Waals surface area contributed by atoms with Gasteiger partial charge in [0.05, 0.1) is 17.7 Å². The zero-order valence-corrected chi connectivity index (χ0v) is 16.9. The van der Waals surface area contributed by atoms with Gasteiger partial charge in [-0.25, -0.2) is 4.39 Å². The fraction of sp³-hybridized carbons (Fsp3) is 0.364. The maximum atomic E-state index is 13.2. The number of phenols is 1. The Bertz CT molecular complexity index is 1110. The summed E-state index contributed by atoms with van der Waals surface area (Å²) in [6.45, 7) is 1.56. The smallest absolute Gasteiger partial charge is 0.255 e. The van der Waals surface area contributed by atoms with Gasteiger partial charge in [0.15, 0.2) is 11.5 Å². The Hall–Kier alpha value is -3.37. The SMILES string of the molecule is C[C@@H]1[C@H](O)[C@@H](O)[C@H](NC(=O)c2ccc(F)cc2)[C@@H]2c3cc4c(c(O)c3C(=O)N[C@@H]12)OCO4. The Kier molecular flexibility index (Phi) is 4.72. The second kappa shape index (κ2) is 7.35. The molecule has 32 heavy (non-hydrogen) atoms. The zero-order valence-electron chi connectivity index (χ0n) is 16.9. The lowest BCUT2D eigenvalue weighted by molar-refractivity contribution is -0.0760. The fourth-order valence-corrected chi connectivity index (χ4v) is 4.89. The van der Waals surface area contributed by atoms with Gasteiger partial charge >= 0.3 is 0 Å². The van der Waals surface area contributed by atoms with E-state index in [1.54, 1.807) is 13.0 Å². The van der Waals surface area contributed by atoms with Crippen molar-refractivity contribution in [3.63, 3.8) is 0 Å². The van der Waals surface area contributed by atoms with Crippen LogP contribution in [0.15, 0.2) is 30.3 Å². The Labute approximate surface area is 181 Å². The molecule has 1 saturated carbocycles. The van der Waals surface area contributed by atoms with E-state index in [4.69, 9.17) is 9.47 Å². The number of aliphatic hydroxyl groups is 2. The van der Waals surface area contributed by atoms with Gasteiger partial charge in [0.25, 0.3) is 11.8 Å². The van der Waals surface area contributed by atoms with Crippen LogP contribution in [0.2, 0.25) is 0 Å². The summed E-state index contributed by atoms with van der Waals surface area (Å²) in [7, 11) is 0. The summed E-state index contributed by atoms with van der Waals surface area (Å²) in [5.41, 5.74) is 0.492. The molecule has 9 nitrogen and oxygen atoms in total. The number of benzene rings is 2. The molecule has 2 aromatic carbocycles. The first kappa shape index (κ1) is 20.5. The van der Waals surface area contributed by atoms with E-state index in [0.29, 0.717) is 5.56 Å². The van der Waals surface area contributed by atoms with Crippen LogP contribution in [0, 0.1) is 11.7 Å². The van der Waals surface area contributed by atoms with E-state index in [0.717, 1.165) is 12.1 Å². The van der Waals surface area contributed by atoms with Crippen LogP contribution >= 0.6 is 0 Å². The average molecular weight is 444 g/mol. The molecule has 6 atom stereocenters. The third-order valence-corrected chi connectivity index (χ3v) is 6.55. The largest absolute Gasteiger partial charge is 0.504 e. The number of phenolic OH excluding ortho intramolecular Hbond substituents is 1. The van der Waals surface area contributed by atoms with E-state index in [2.05, 4.69) is 10.6 Å². The van der Waals surface area contributed by atoms with Gasteiger partial charge in [0, 0.05) is 23.4 Å². The number of carbonyl (C=O) groups is 2. The number of hydrogen-bond donors (Lipinski definition) is 5. The normalized spacial score (nSPS) is 30.2. The Morgan fingerprint density at radius 3 is 2.62 bits per heavy atom. The number of rotatable bonds is 2. The molecule has 0 unspecified atom stereocenters. The lowest BCUT2D eigenvalue weighted by Gasteiger charge is -2.50. The summed E-state index contributed by atoms with van der Waals surface area (Å²) in [6, 6.07) is 4.77. The molecule has 2 aromatic rings. The number of aromatic hydroxyl groups is 1. The summed E-state index contributed by atoms with van der Waals surface area (Å²) in [5, 5.41) is 37.7. The van der Waals surface area contributed by atoms with Crippen molar-refractivity contribution in [2.45, 2.75) is 37.1 Å². The number of hydrogen-bond acceptors (Lipinski definition) is 7. The summed E-state index contributed by atoms with van der Waals surface area (Å²) < 4.78 is 23.9. The first-order valence-corrected chi connectivity index (χ1v) is 10.2. The monoisotopic (exact) mass is 444 g/mol. The van der Waals surface area contributed by atoms with Crippen LogP contribution in [-0.4, -0.2) is 58.2 Å². The number of halogens is 1. The van der Waals surface area contributed by atoms with Crippen LogP contribution in [0.3, 0.4) is 0 Å². The second-order valence-corrected chi connectivity index (χ2v) is 8.29. The highest BCUT2D eigenvalue weighted by atomic mass is 19.1. The Balaban J connectivity index is 1.59. The van der Waals surface area contributed by atoms with Crippen LogP contribution in [0.5, 0.6) is 17.2 Å². The van der Waals surface area contributed by atoms with Crippen LogP contribution in [0.4, 0.5) is 4.39 Å². The molecular weight excluding hydrogens is 423 g/mol. The minimum atomic E-state index is -1.37. The molecule has 2 aliphatic heterocycles. The molecule has 5 rings (SSSR count). The van der Waals surface area contributed by atoms with E-state index < -0.39 is 53.8 Å². The van der Waals surface area contributed by atoms with E-state index >= 15 is 0 Å². The summed E-state index contributed by atoms with van der Waals surface area (Å²) in [6.07, 6.45) is -2.61. The predicted molar refractivity (Wildman–Crippen MR) is 107 cm³/mol. The van der Waals surface area contributed by atoms with E-state index in [-0.39, 0.29) is 35.2 Å². The third-order valence-electron chi connectivity index (χ3n) is 6.55. The number of carbonyl (C=O) groups excluding carboxylic acids is 2. The van der Waals surface area contributed by atoms with Gasteiger partial charge in [0.2, 0.25) is 12.5 Å². The van der Waals surface area contributed by atoms with Gasteiger partial charge in [-0.05, 0) is 35.9 Å². The van der Waals surface area contributed by atoms with Gasteiger partial charge in [-0.2, -0.15) is 0 Å². The lowest BCUT2D eigenvalue weighted by atomic mass is 9.66. The molecule has 0 bridgehead atoms. The second-order valence-electron chi connectivity index (χ2n) is 8.29. The van der Waals surface area contributed by atoms with Crippen LogP contribution in [-0.2, 0) is 0 Å². The molecule has 2 amide bonds. The molecule has 0 radical (unpaired) electrons. The van der Waals surface area contributed by atoms with Gasteiger partial charge < -0.3 is 35.4 Å². The molecule has 1 fully saturated rings. The highest BCUT2D eigenvalue weighted by Crippen LogP contribution is 2.50. The topological polar surface area (TPSA) is 137 Å². The van der Waals surface area contributed by atoms with Crippen molar-refractivity contribution in [2.75, 3.05) is 6.79 Å². The highest BCUT2D eigenvalue weighted by Gasteiger charge is 2.53. The predicted octanol–water partition coefficient (Wildman–Crippen LogP) is 0.626. The van der Waals surface area contributed by atoms with Gasteiger partial charge in [-0.3, -0.25) is 9.59 Å². The molecule has 10 heteroatoms. The maximum Gasteiger partial charge on any atom is 0.255 e. The minimum Gasteiger partial charge on any atom is -0.504 e. The van der Waals surface area contributed by atoms with Crippen molar-refractivity contribution in [2.24, 2.45) is 5.92 Å². The molecule has 2 heterocycles. The summed E-state index contributed by atoms with van der Waals surface area (Å²) in [4.78, 5) is 25.7. The first-order chi connectivity index (χ1) is 15.3. The van der Waals surface area contributed by atoms with E-state index in [9.17, 15) is 29.3 Å². The quantitative estimate of drug-likeness (QED) is 0.458. The first-order valence-electron chi connectivity index (χ1n) is 10.2. The van der Waals surface area contributed by atoms with E-state index in [1.807, 2.05) is 0 Å². The molecule has 5 N–H and O–H groups in total. The van der Waals surface area contributed by atoms with Crippen molar-refractivity contribution in [3.8, 4) is 17.2 Å². The van der Waals surface area contributed by atoms with Gasteiger partial charge in [-0.1, -0.05) is 6.92 Å². The molecule has 0 spiro atoms. The van der Waals surface area contributed by atoms with Crippen LogP contribution in [0.1, 0.15) is 39.1 Å². The molecule has 0 aromatic heterocycles. The lowest BCUT2D eigenvalue weighted by Crippen LogP contribution is -2.67. The maximum absolute atomic E-state index is 13.2. The number of ether oxygens (including phenoxy) is 2. The van der Waals surface area contributed by atoms with Crippen molar-refractivity contribution in [3.05, 3.63) is 52.8 Å². The van der Waals surface area contributed by atoms with E-state index in [1.165, 1.54) is 12.1 Å². The average Bonchev–Trinajstić information content (AvgIpc) is 3.24.